The number of aromatic nitrogens is 3. The molecule has 5 nitrogen and oxygen atoms in total. The summed E-state index contributed by atoms with van der Waals surface area (Å²) in [5.41, 5.74) is 9.34. The van der Waals surface area contributed by atoms with Crippen molar-refractivity contribution in [1.29, 1.82) is 0 Å². The van der Waals surface area contributed by atoms with E-state index in [0.29, 0.717) is 19.1 Å². The predicted octanol–water partition coefficient (Wildman–Crippen LogP) is 9.19. The summed E-state index contributed by atoms with van der Waals surface area (Å²) in [4.78, 5) is 22.2. The fraction of sp³-hybridized carbons (Fsp3) is 0.457. The molecular formula is C35H45N3O2. The van der Waals surface area contributed by atoms with Gasteiger partial charge >= 0.3 is 5.97 Å². The quantitative estimate of drug-likeness (QED) is 0.118. The number of ether oxygens (including phenoxy) is 1. The smallest absolute Gasteiger partial charge is 0.302 e. The van der Waals surface area contributed by atoms with Gasteiger partial charge in [-0.2, -0.15) is 0 Å². The van der Waals surface area contributed by atoms with Crippen LogP contribution >= 0.6 is 0 Å². The first-order valence-electron chi connectivity index (χ1n) is 15.1. The van der Waals surface area contributed by atoms with E-state index in [9.17, 15) is 4.79 Å². The van der Waals surface area contributed by atoms with Crippen LogP contribution in [0.4, 0.5) is 0 Å². The molecule has 4 aromatic rings. The minimum Gasteiger partial charge on any atom is -0.465 e. The maximum absolute atomic E-state index is 11.6. The lowest BCUT2D eigenvalue weighted by atomic mass is 10.0. The van der Waals surface area contributed by atoms with E-state index in [1.54, 1.807) is 0 Å². The first-order valence-corrected chi connectivity index (χ1v) is 15.1. The van der Waals surface area contributed by atoms with Crippen LogP contribution in [0.1, 0.15) is 95.0 Å². The number of benzene rings is 2. The van der Waals surface area contributed by atoms with Gasteiger partial charge in [-0.1, -0.05) is 112 Å². The molecule has 0 amide bonds. The zero-order chi connectivity index (χ0) is 28.5. The van der Waals surface area contributed by atoms with E-state index in [4.69, 9.17) is 14.7 Å². The standard InChI is InChI=1S/C35H45N3O2/c1-6-8-10-11-13-30(12-9-7-2)38-31(22-23-40-27(5)39)24-32-35(38)37-34(29-20-16-26(4)17-21-29)33(36-32)28-18-14-25(3)15-19-28/h14-21,24,30H,6-13,22-23H2,1-5H3. The molecule has 4 rings (SSSR count). The number of nitrogens with zero attached hydrogens (tertiary/aromatic N) is 3. The van der Waals surface area contributed by atoms with Gasteiger partial charge in [0.05, 0.1) is 18.0 Å². The maximum atomic E-state index is 11.6. The first kappa shape index (κ1) is 29.5. The lowest BCUT2D eigenvalue weighted by molar-refractivity contribution is -0.140. The van der Waals surface area contributed by atoms with Crippen molar-refractivity contribution in [3.8, 4) is 22.5 Å². The summed E-state index contributed by atoms with van der Waals surface area (Å²) < 4.78 is 7.82. The fourth-order valence-corrected chi connectivity index (χ4v) is 5.45. The van der Waals surface area contributed by atoms with Crippen molar-refractivity contribution in [2.75, 3.05) is 6.61 Å². The maximum Gasteiger partial charge on any atom is 0.302 e. The molecule has 0 aliphatic rings. The zero-order valence-corrected chi connectivity index (χ0v) is 25.0. The van der Waals surface area contributed by atoms with Gasteiger partial charge in [0.25, 0.3) is 0 Å². The molecule has 212 valence electrons. The van der Waals surface area contributed by atoms with Gasteiger partial charge < -0.3 is 9.30 Å². The number of carbonyl (C=O) groups excluding carboxylic acids is 1. The van der Waals surface area contributed by atoms with Gasteiger partial charge in [-0.15, -0.1) is 0 Å². The minimum absolute atomic E-state index is 0.246. The molecule has 1 unspecified atom stereocenters. The highest BCUT2D eigenvalue weighted by atomic mass is 16.5. The molecule has 0 bridgehead atoms. The number of carbonyl (C=O) groups is 1. The number of aryl methyl sites for hydroxylation is 2. The highest BCUT2D eigenvalue weighted by Gasteiger charge is 2.22. The predicted molar refractivity (Wildman–Crippen MR) is 166 cm³/mol. The van der Waals surface area contributed by atoms with Crippen LogP contribution in [0.15, 0.2) is 54.6 Å². The van der Waals surface area contributed by atoms with Gasteiger partial charge in [0.1, 0.15) is 5.52 Å². The van der Waals surface area contributed by atoms with Crippen LogP contribution in [0, 0.1) is 13.8 Å². The Morgan fingerprint density at radius 3 is 1.95 bits per heavy atom. The molecule has 2 aromatic carbocycles. The largest absolute Gasteiger partial charge is 0.465 e. The number of hydrogen-bond acceptors (Lipinski definition) is 4. The van der Waals surface area contributed by atoms with Crippen LogP contribution in [-0.4, -0.2) is 27.1 Å². The summed E-state index contributed by atoms with van der Waals surface area (Å²) in [7, 11) is 0. The number of unbranched alkanes of at least 4 members (excludes halogenated alkanes) is 4. The second-order valence-electron chi connectivity index (χ2n) is 11.1. The zero-order valence-electron chi connectivity index (χ0n) is 25.0. The topological polar surface area (TPSA) is 57.0 Å². The van der Waals surface area contributed by atoms with E-state index in [0.717, 1.165) is 58.6 Å². The molecule has 0 saturated carbocycles. The summed E-state index contributed by atoms with van der Waals surface area (Å²) in [5, 5.41) is 0. The molecule has 2 heterocycles. The Morgan fingerprint density at radius 1 is 0.800 bits per heavy atom. The Hall–Kier alpha value is -3.47. The van der Waals surface area contributed by atoms with Crippen LogP contribution in [-0.2, 0) is 16.0 Å². The molecule has 0 aliphatic carbocycles. The second kappa shape index (κ2) is 14.2. The molecule has 0 spiro atoms. The van der Waals surface area contributed by atoms with Gasteiger partial charge in [0, 0.05) is 36.2 Å². The third-order valence-electron chi connectivity index (χ3n) is 7.70. The van der Waals surface area contributed by atoms with Crippen molar-refractivity contribution in [1.82, 2.24) is 14.5 Å². The van der Waals surface area contributed by atoms with E-state index >= 15 is 0 Å². The Bertz CT molecular complexity index is 1390. The minimum atomic E-state index is -0.246. The van der Waals surface area contributed by atoms with E-state index in [2.05, 4.69) is 86.9 Å². The van der Waals surface area contributed by atoms with Crippen molar-refractivity contribution in [3.05, 3.63) is 71.4 Å². The normalized spacial score (nSPS) is 12.1. The number of fused-ring (bicyclic) bond motifs is 1. The van der Waals surface area contributed by atoms with E-state index in [-0.39, 0.29) is 5.97 Å². The van der Waals surface area contributed by atoms with Gasteiger partial charge in [-0.05, 0) is 32.8 Å². The summed E-state index contributed by atoms with van der Waals surface area (Å²) in [6, 6.07) is 19.6. The van der Waals surface area contributed by atoms with Crippen molar-refractivity contribution in [2.24, 2.45) is 0 Å². The fourth-order valence-electron chi connectivity index (χ4n) is 5.45. The molecule has 2 aromatic heterocycles. The molecule has 0 N–H and O–H groups in total. The number of rotatable bonds is 14. The SMILES string of the molecule is CCCCCCC(CCCC)n1c(CCOC(C)=O)cc2nc(-c3ccc(C)cc3)c(-c3ccc(C)cc3)nc21. The Balaban J connectivity index is 1.90. The highest BCUT2D eigenvalue weighted by molar-refractivity contribution is 5.86. The van der Waals surface area contributed by atoms with Crippen LogP contribution in [0.3, 0.4) is 0 Å². The van der Waals surface area contributed by atoms with Crippen molar-refractivity contribution >= 4 is 17.1 Å². The molecule has 5 heteroatoms. The average Bonchev–Trinajstić information content (AvgIpc) is 3.29. The lowest BCUT2D eigenvalue weighted by Gasteiger charge is -2.23. The van der Waals surface area contributed by atoms with E-state index in [1.807, 2.05) is 0 Å². The molecule has 0 aliphatic heterocycles. The van der Waals surface area contributed by atoms with Crippen LogP contribution < -0.4 is 0 Å². The molecule has 0 fully saturated rings. The van der Waals surface area contributed by atoms with E-state index in [1.165, 1.54) is 50.2 Å². The molecule has 0 saturated heterocycles. The Kier molecular flexibility index (Phi) is 10.5. The van der Waals surface area contributed by atoms with Crippen LogP contribution in [0.25, 0.3) is 33.7 Å². The summed E-state index contributed by atoms with van der Waals surface area (Å²) in [5.74, 6) is -0.246. The lowest BCUT2D eigenvalue weighted by Crippen LogP contribution is -2.15. The Morgan fingerprint density at radius 2 is 1.38 bits per heavy atom. The first-order chi connectivity index (χ1) is 19.4. The van der Waals surface area contributed by atoms with Crippen LogP contribution in [0.5, 0.6) is 0 Å². The molecule has 1 atom stereocenters. The number of hydrogen-bond donors (Lipinski definition) is 0. The van der Waals surface area contributed by atoms with Crippen molar-refractivity contribution in [3.63, 3.8) is 0 Å². The van der Waals surface area contributed by atoms with E-state index < -0.39 is 0 Å². The summed E-state index contributed by atoms with van der Waals surface area (Å²) in [6.07, 6.45) is 10.1. The van der Waals surface area contributed by atoms with Gasteiger partial charge in [-0.3, -0.25) is 4.79 Å². The van der Waals surface area contributed by atoms with Gasteiger partial charge in [-0.25, -0.2) is 9.97 Å². The Labute approximate surface area is 240 Å². The van der Waals surface area contributed by atoms with Gasteiger partial charge in [0.15, 0.2) is 5.65 Å². The number of esters is 1. The monoisotopic (exact) mass is 539 g/mol. The second-order valence-corrected chi connectivity index (χ2v) is 11.1. The molecule has 40 heavy (non-hydrogen) atoms. The van der Waals surface area contributed by atoms with Gasteiger partial charge in [0.2, 0.25) is 0 Å². The van der Waals surface area contributed by atoms with Crippen molar-refractivity contribution in [2.45, 2.75) is 98.4 Å². The average molecular weight is 540 g/mol. The van der Waals surface area contributed by atoms with Crippen molar-refractivity contribution < 1.29 is 9.53 Å². The molecule has 0 radical (unpaired) electrons. The third kappa shape index (κ3) is 7.38. The summed E-state index contributed by atoms with van der Waals surface area (Å²) in [6.45, 7) is 10.6. The van der Waals surface area contributed by atoms with Crippen LogP contribution in [0.2, 0.25) is 0 Å². The third-order valence-corrected chi connectivity index (χ3v) is 7.70. The molecular weight excluding hydrogens is 494 g/mol. The summed E-state index contributed by atoms with van der Waals surface area (Å²) >= 11 is 0. The highest BCUT2D eigenvalue weighted by Crippen LogP contribution is 2.35.